The van der Waals surface area contributed by atoms with Gasteiger partial charge in [-0.25, -0.2) is 9.07 Å². The maximum Gasteiger partial charge on any atom is 0.308 e. The summed E-state index contributed by atoms with van der Waals surface area (Å²) in [5, 5.41) is 14.8. The Balaban J connectivity index is 1.75. The van der Waals surface area contributed by atoms with Crippen molar-refractivity contribution >= 4 is 5.97 Å². The monoisotopic (exact) mass is 411 g/mol. The first-order valence-electron chi connectivity index (χ1n) is 10.3. The number of aromatic amines is 1. The topological polar surface area (TPSA) is 80.1 Å². The minimum Gasteiger partial charge on any atom is -0.462 e. The van der Waals surface area contributed by atoms with Crippen LogP contribution < -0.4 is 0 Å². The standard InChI is InChI=1S/C23H26FN3O3/c1-14(2)22-19(10-9-18-12-17(28)13-21(29)30-18)23(15-5-7-16(24)8-6-15)27(26-22)20-4-3-11-25-20/h3-8,11,14,17-18,25,28H,9-10,12-13H2,1-2H3/t17-,18-/m1/s1. The number of H-pyrrole nitrogens is 1. The number of hydrogen-bond acceptors (Lipinski definition) is 4. The summed E-state index contributed by atoms with van der Waals surface area (Å²) in [6, 6.07) is 10.2. The summed E-state index contributed by atoms with van der Waals surface area (Å²) in [6.07, 6.45) is 2.58. The number of carbonyl (C=O) groups is 1. The Kier molecular flexibility index (Phi) is 5.72. The van der Waals surface area contributed by atoms with Gasteiger partial charge in [0.05, 0.1) is 23.9 Å². The minimum absolute atomic E-state index is 0.0549. The molecule has 0 saturated carbocycles. The lowest BCUT2D eigenvalue weighted by atomic mass is 9.93. The quantitative estimate of drug-likeness (QED) is 0.598. The van der Waals surface area contributed by atoms with Gasteiger partial charge < -0.3 is 14.8 Å². The lowest BCUT2D eigenvalue weighted by Crippen LogP contribution is -2.32. The van der Waals surface area contributed by atoms with Crippen molar-refractivity contribution in [3.8, 4) is 17.1 Å². The van der Waals surface area contributed by atoms with Crippen molar-refractivity contribution < 1.29 is 19.0 Å². The smallest absolute Gasteiger partial charge is 0.308 e. The van der Waals surface area contributed by atoms with Gasteiger partial charge in [0.1, 0.15) is 17.7 Å². The Morgan fingerprint density at radius 2 is 2.07 bits per heavy atom. The van der Waals surface area contributed by atoms with Gasteiger partial charge in [0.2, 0.25) is 0 Å². The Labute approximate surface area is 174 Å². The van der Waals surface area contributed by atoms with E-state index in [1.54, 1.807) is 12.1 Å². The van der Waals surface area contributed by atoms with Crippen molar-refractivity contribution in [2.45, 2.75) is 57.7 Å². The number of aliphatic hydroxyl groups is 1. The molecule has 0 radical (unpaired) electrons. The van der Waals surface area contributed by atoms with Gasteiger partial charge in [-0.1, -0.05) is 13.8 Å². The summed E-state index contributed by atoms with van der Waals surface area (Å²) in [6.45, 7) is 4.17. The SMILES string of the molecule is CC(C)c1nn(-c2ccc[nH]2)c(-c2ccc(F)cc2)c1CC[C@@H]1C[C@@H](O)CC(=O)O1. The van der Waals surface area contributed by atoms with Gasteiger partial charge >= 0.3 is 5.97 Å². The molecule has 2 aromatic heterocycles. The Morgan fingerprint density at radius 3 is 2.70 bits per heavy atom. The van der Waals surface area contributed by atoms with Crippen LogP contribution in [-0.4, -0.2) is 38.0 Å². The van der Waals surface area contributed by atoms with E-state index in [2.05, 4.69) is 18.8 Å². The Bertz CT molecular complexity index is 1010. The molecule has 6 nitrogen and oxygen atoms in total. The molecule has 1 aromatic carbocycles. The predicted octanol–water partition coefficient (Wildman–Crippen LogP) is 4.13. The van der Waals surface area contributed by atoms with Gasteiger partial charge in [-0.05, 0) is 55.2 Å². The molecule has 0 spiro atoms. The molecule has 1 aliphatic heterocycles. The second-order valence-corrected chi connectivity index (χ2v) is 8.09. The second kappa shape index (κ2) is 8.44. The number of ether oxygens (including phenoxy) is 1. The van der Waals surface area contributed by atoms with Crippen molar-refractivity contribution in [3.63, 3.8) is 0 Å². The number of nitrogens with one attached hydrogen (secondary N) is 1. The number of cyclic esters (lactones) is 1. The molecule has 7 heteroatoms. The van der Waals surface area contributed by atoms with Gasteiger partial charge in [-0.15, -0.1) is 0 Å². The van der Waals surface area contributed by atoms with E-state index in [9.17, 15) is 14.3 Å². The number of esters is 1. The molecule has 0 amide bonds. The van der Waals surface area contributed by atoms with Crippen LogP contribution in [0.1, 0.15) is 50.3 Å². The Morgan fingerprint density at radius 1 is 1.30 bits per heavy atom. The predicted molar refractivity (Wildman–Crippen MR) is 111 cm³/mol. The van der Waals surface area contributed by atoms with Crippen LogP contribution in [-0.2, 0) is 16.0 Å². The zero-order valence-electron chi connectivity index (χ0n) is 17.1. The molecule has 4 rings (SSSR count). The number of carbonyl (C=O) groups excluding carboxylic acids is 1. The molecule has 3 heterocycles. The summed E-state index contributed by atoms with van der Waals surface area (Å²) in [5.74, 6) is 0.346. The summed E-state index contributed by atoms with van der Waals surface area (Å²) in [5.41, 5.74) is 3.75. The maximum absolute atomic E-state index is 13.6. The molecular weight excluding hydrogens is 385 g/mol. The van der Waals surface area contributed by atoms with Crippen LogP contribution >= 0.6 is 0 Å². The van der Waals surface area contributed by atoms with Gasteiger partial charge in [0, 0.05) is 23.7 Å². The average molecular weight is 411 g/mol. The van der Waals surface area contributed by atoms with Crippen molar-refractivity contribution in [3.05, 3.63) is 59.7 Å². The third-order valence-corrected chi connectivity index (χ3v) is 5.44. The minimum atomic E-state index is -0.654. The fraction of sp³-hybridized carbons (Fsp3) is 0.391. The lowest BCUT2D eigenvalue weighted by Gasteiger charge is -2.26. The molecule has 2 N–H and O–H groups in total. The largest absolute Gasteiger partial charge is 0.462 e. The number of nitrogens with zero attached hydrogens (tertiary/aromatic N) is 2. The van der Waals surface area contributed by atoms with E-state index in [4.69, 9.17) is 9.84 Å². The zero-order chi connectivity index (χ0) is 21.3. The van der Waals surface area contributed by atoms with Crippen LogP contribution in [0.3, 0.4) is 0 Å². The van der Waals surface area contributed by atoms with E-state index in [0.29, 0.717) is 19.3 Å². The van der Waals surface area contributed by atoms with Crippen LogP contribution in [0.25, 0.3) is 17.1 Å². The molecule has 158 valence electrons. The molecular formula is C23H26FN3O3. The molecule has 0 unspecified atom stereocenters. The summed E-state index contributed by atoms with van der Waals surface area (Å²) >= 11 is 0. The van der Waals surface area contributed by atoms with E-state index in [1.807, 2.05) is 23.0 Å². The number of aliphatic hydroxyl groups excluding tert-OH is 1. The normalized spacial score (nSPS) is 19.3. The second-order valence-electron chi connectivity index (χ2n) is 8.09. The first-order valence-corrected chi connectivity index (χ1v) is 10.3. The molecule has 1 aliphatic rings. The number of halogens is 1. The molecule has 30 heavy (non-hydrogen) atoms. The van der Waals surface area contributed by atoms with Gasteiger partial charge in [-0.3, -0.25) is 4.79 Å². The molecule has 0 bridgehead atoms. The highest BCUT2D eigenvalue weighted by atomic mass is 19.1. The van der Waals surface area contributed by atoms with Gasteiger partial charge in [0.25, 0.3) is 0 Å². The molecule has 2 atom stereocenters. The maximum atomic E-state index is 13.6. The number of benzene rings is 1. The first kappa shape index (κ1) is 20.3. The number of hydrogen-bond donors (Lipinski definition) is 2. The molecule has 1 fully saturated rings. The Hall–Kier alpha value is -2.93. The van der Waals surface area contributed by atoms with Gasteiger partial charge in [0.15, 0.2) is 0 Å². The molecule has 1 saturated heterocycles. The van der Waals surface area contributed by atoms with E-state index in [0.717, 1.165) is 28.3 Å². The van der Waals surface area contributed by atoms with Crippen LogP contribution in [0.15, 0.2) is 42.6 Å². The van der Waals surface area contributed by atoms with Crippen LogP contribution in [0.5, 0.6) is 0 Å². The van der Waals surface area contributed by atoms with E-state index in [1.165, 1.54) is 12.1 Å². The highest BCUT2D eigenvalue weighted by Gasteiger charge is 2.29. The van der Waals surface area contributed by atoms with Crippen molar-refractivity contribution in [2.75, 3.05) is 0 Å². The summed E-state index contributed by atoms with van der Waals surface area (Å²) in [7, 11) is 0. The van der Waals surface area contributed by atoms with Crippen LogP contribution in [0.2, 0.25) is 0 Å². The highest BCUT2D eigenvalue weighted by Crippen LogP contribution is 2.34. The van der Waals surface area contributed by atoms with Crippen LogP contribution in [0, 0.1) is 5.82 Å². The lowest BCUT2D eigenvalue weighted by molar-refractivity contribution is -0.160. The molecule has 3 aromatic rings. The van der Waals surface area contributed by atoms with Crippen LogP contribution in [0.4, 0.5) is 4.39 Å². The van der Waals surface area contributed by atoms with E-state index < -0.39 is 6.10 Å². The fourth-order valence-corrected chi connectivity index (χ4v) is 4.05. The van der Waals surface area contributed by atoms with Gasteiger partial charge in [-0.2, -0.15) is 5.10 Å². The third kappa shape index (κ3) is 4.16. The van der Waals surface area contributed by atoms with E-state index >= 15 is 0 Å². The third-order valence-electron chi connectivity index (χ3n) is 5.44. The molecule has 0 aliphatic carbocycles. The number of aromatic nitrogens is 3. The number of rotatable bonds is 6. The first-order chi connectivity index (χ1) is 14.4. The van der Waals surface area contributed by atoms with E-state index in [-0.39, 0.29) is 30.2 Å². The summed E-state index contributed by atoms with van der Waals surface area (Å²) < 4.78 is 20.9. The van der Waals surface area contributed by atoms with Crippen molar-refractivity contribution in [2.24, 2.45) is 0 Å². The fourth-order valence-electron chi connectivity index (χ4n) is 4.05. The highest BCUT2D eigenvalue weighted by molar-refractivity contribution is 5.71. The van der Waals surface area contributed by atoms with Crippen molar-refractivity contribution in [1.82, 2.24) is 14.8 Å². The van der Waals surface area contributed by atoms with Crippen molar-refractivity contribution in [1.29, 1.82) is 0 Å². The zero-order valence-corrected chi connectivity index (χ0v) is 17.1. The summed E-state index contributed by atoms with van der Waals surface area (Å²) in [4.78, 5) is 14.9. The average Bonchev–Trinajstić information content (AvgIpc) is 3.34.